The van der Waals surface area contributed by atoms with E-state index in [1.54, 1.807) is 31.4 Å². The molecule has 1 amide bonds. The number of benzene rings is 3. The van der Waals surface area contributed by atoms with Crippen molar-refractivity contribution in [2.24, 2.45) is 0 Å². The van der Waals surface area contributed by atoms with E-state index in [-0.39, 0.29) is 5.57 Å². The maximum absolute atomic E-state index is 12.7. The fourth-order valence-electron chi connectivity index (χ4n) is 3.76. The largest absolute Gasteiger partial charge is 0.496 e. The minimum absolute atomic E-state index is 0.0537. The van der Waals surface area contributed by atoms with Crippen LogP contribution in [0.1, 0.15) is 38.2 Å². The van der Waals surface area contributed by atoms with Crippen LogP contribution in [0.5, 0.6) is 5.75 Å². The van der Waals surface area contributed by atoms with Gasteiger partial charge < -0.3 is 14.8 Å². The van der Waals surface area contributed by atoms with Gasteiger partial charge in [-0.1, -0.05) is 29.3 Å². The molecule has 7 heteroatoms. The predicted molar refractivity (Wildman–Crippen MR) is 144 cm³/mol. The van der Waals surface area contributed by atoms with Crippen LogP contribution in [0.15, 0.2) is 60.2 Å². The van der Waals surface area contributed by atoms with E-state index in [1.807, 2.05) is 18.2 Å². The second-order valence-corrected chi connectivity index (χ2v) is 9.21. The monoisotopic (exact) mass is 580 g/mol. The van der Waals surface area contributed by atoms with Gasteiger partial charge in [0.1, 0.15) is 17.4 Å². The first-order valence-electron chi connectivity index (χ1n) is 10.8. The highest BCUT2D eigenvalue weighted by molar-refractivity contribution is 14.1. The molecule has 0 fully saturated rings. The maximum Gasteiger partial charge on any atom is 0.337 e. The maximum atomic E-state index is 12.7. The third-order valence-corrected chi connectivity index (χ3v) is 6.26. The zero-order chi connectivity index (χ0) is 25.5. The molecular formula is C28H25IN2O4. The van der Waals surface area contributed by atoms with Gasteiger partial charge in [0.05, 0.1) is 19.8 Å². The Morgan fingerprint density at radius 3 is 2.26 bits per heavy atom. The molecule has 0 aliphatic carbocycles. The highest BCUT2D eigenvalue weighted by Gasteiger charge is 2.14. The van der Waals surface area contributed by atoms with Crippen LogP contribution in [0, 0.1) is 28.7 Å². The van der Waals surface area contributed by atoms with Crippen molar-refractivity contribution in [2.75, 3.05) is 19.5 Å². The highest BCUT2D eigenvalue weighted by atomic mass is 127. The SMILES string of the molecule is COC(=O)c1ccc(NC(=O)/C(C#N)=C/c2cc(I)c(Cc3cc(C)cc(C)c3)c(OC)c2)cc1. The van der Waals surface area contributed by atoms with E-state index in [2.05, 4.69) is 64.7 Å². The molecule has 0 aromatic heterocycles. The van der Waals surface area contributed by atoms with Gasteiger partial charge >= 0.3 is 5.97 Å². The zero-order valence-corrected chi connectivity index (χ0v) is 22.1. The number of anilines is 1. The summed E-state index contributed by atoms with van der Waals surface area (Å²) in [6, 6.07) is 18.4. The van der Waals surface area contributed by atoms with Crippen molar-refractivity contribution in [2.45, 2.75) is 20.3 Å². The van der Waals surface area contributed by atoms with Gasteiger partial charge in [0, 0.05) is 21.2 Å². The lowest BCUT2D eigenvalue weighted by Gasteiger charge is -2.14. The van der Waals surface area contributed by atoms with Gasteiger partial charge in [-0.05, 0) is 90.0 Å². The number of nitrogens with zero attached hydrogens (tertiary/aromatic N) is 1. The molecule has 3 aromatic rings. The lowest BCUT2D eigenvalue weighted by atomic mass is 9.98. The Morgan fingerprint density at radius 2 is 1.69 bits per heavy atom. The highest BCUT2D eigenvalue weighted by Crippen LogP contribution is 2.30. The van der Waals surface area contributed by atoms with Gasteiger partial charge in [-0.15, -0.1) is 0 Å². The number of rotatable bonds is 7. The summed E-state index contributed by atoms with van der Waals surface area (Å²) in [5.74, 6) is -0.324. The Balaban J connectivity index is 1.84. The van der Waals surface area contributed by atoms with Crippen molar-refractivity contribution in [3.63, 3.8) is 0 Å². The van der Waals surface area contributed by atoms with Crippen LogP contribution >= 0.6 is 22.6 Å². The molecule has 3 aromatic carbocycles. The number of halogens is 1. The average Bonchev–Trinajstić information content (AvgIpc) is 2.83. The van der Waals surface area contributed by atoms with Crippen molar-refractivity contribution in [3.05, 3.63) is 97.1 Å². The molecule has 0 bridgehead atoms. The number of hydrogen-bond acceptors (Lipinski definition) is 5. The number of aryl methyl sites for hydroxylation is 2. The summed E-state index contributed by atoms with van der Waals surface area (Å²) < 4.78 is 11.3. The van der Waals surface area contributed by atoms with Crippen LogP contribution in [-0.2, 0) is 16.0 Å². The van der Waals surface area contributed by atoms with E-state index >= 15 is 0 Å². The molecule has 0 unspecified atom stereocenters. The van der Waals surface area contributed by atoms with Crippen molar-refractivity contribution < 1.29 is 19.1 Å². The van der Waals surface area contributed by atoms with Crippen molar-refractivity contribution in [1.29, 1.82) is 5.26 Å². The summed E-state index contributed by atoms with van der Waals surface area (Å²) in [7, 11) is 2.91. The number of nitrogens with one attached hydrogen (secondary N) is 1. The molecule has 35 heavy (non-hydrogen) atoms. The van der Waals surface area contributed by atoms with Crippen LogP contribution in [0.2, 0.25) is 0 Å². The molecule has 0 atom stereocenters. The van der Waals surface area contributed by atoms with Crippen molar-refractivity contribution in [3.8, 4) is 11.8 Å². The molecular weight excluding hydrogens is 555 g/mol. The molecule has 1 N–H and O–H groups in total. The Bertz CT molecular complexity index is 1320. The Kier molecular flexibility index (Phi) is 8.66. The second kappa shape index (κ2) is 11.7. The number of carbonyl (C=O) groups is 2. The van der Waals surface area contributed by atoms with Gasteiger partial charge in [-0.2, -0.15) is 5.26 Å². The van der Waals surface area contributed by atoms with Crippen LogP contribution in [0.4, 0.5) is 5.69 Å². The third-order valence-electron chi connectivity index (χ3n) is 5.30. The summed E-state index contributed by atoms with van der Waals surface area (Å²) in [6.07, 6.45) is 2.24. The number of ether oxygens (including phenoxy) is 2. The van der Waals surface area contributed by atoms with Gasteiger partial charge in [0.15, 0.2) is 0 Å². The Hall–Kier alpha value is -3.64. The standard InChI is InChI=1S/C28H25IN2O4/c1-17-9-18(2)11-19(10-17)13-24-25(29)14-20(15-26(24)34-3)12-22(16-30)27(32)31-23-7-5-21(6-8-23)28(33)35-4/h5-12,14-15H,13H2,1-4H3,(H,31,32)/b22-12+. The van der Waals surface area contributed by atoms with E-state index in [4.69, 9.17) is 4.74 Å². The fraction of sp³-hybridized carbons (Fsp3) is 0.179. The number of nitriles is 1. The molecule has 3 rings (SSSR count). The fourth-order valence-corrected chi connectivity index (χ4v) is 4.58. The number of hydrogen-bond donors (Lipinski definition) is 1. The van der Waals surface area contributed by atoms with E-state index in [0.717, 1.165) is 9.13 Å². The normalized spacial score (nSPS) is 10.9. The number of carbonyl (C=O) groups excluding carboxylic acids is 2. The van der Waals surface area contributed by atoms with Crippen molar-refractivity contribution >= 4 is 46.2 Å². The molecule has 0 saturated carbocycles. The second-order valence-electron chi connectivity index (χ2n) is 8.05. The molecule has 178 valence electrons. The molecule has 0 aliphatic rings. The third kappa shape index (κ3) is 6.70. The van der Waals surface area contributed by atoms with Gasteiger partial charge in [-0.25, -0.2) is 4.79 Å². The number of esters is 1. The van der Waals surface area contributed by atoms with E-state index in [0.29, 0.717) is 29.0 Å². The van der Waals surface area contributed by atoms with Gasteiger partial charge in [0.25, 0.3) is 5.91 Å². The first-order valence-corrected chi connectivity index (χ1v) is 11.9. The molecule has 0 spiro atoms. The summed E-state index contributed by atoms with van der Waals surface area (Å²) in [5, 5.41) is 12.3. The number of amides is 1. The first kappa shape index (κ1) is 26.0. The predicted octanol–water partition coefficient (Wildman–Crippen LogP) is 5.84. The van der Waals surface area contributed by atoms with Crippen molar-refractivity contribution in [1.82, 2.24) is 0 Å². The van der Waals surface area contributed by atoms with Crippen LogP contribution in [0.3, 0.4) is 0 Å². The smallest absolute Gasteiger partial charge is 0.337 e. The minimum Gasteiger partial charge on any atom is -0.496 e. The van der Waals surface area contributed by atoms with E-state index < -0.39 is 11.9 Å². The van der Waals surface area contributed by atoms with E-state index in [9.17, 15) is 14.9 Å². The van der Waals surface area contributed by atoms with Gasteiger partial charge in [0.2, 0.25) is 0 Å². The Morgan fingerprint density at radius 1 is 1.03 bits per heavy atom. The first-order chi connectivity index (χ1) is 16.7. The lowest BCUT2D eigenvalue weighted by Crippen LogP contribution is -2.13. The van der Waals surface area contributed by atoms with Crippen LogP contribution < -0.4 is 10.1 Å². The lowest BCUT2D eigenvalue weighted by molar-refractivity contribution is -0.112. The summed E-state index contributed by atoms with van der Waals surface area (Å²) in [5.41, 5.74) is 6.10. The van der Waals surface area contributed by atoms with E-state index in [1.165, 1.54) is 29.9 Å². The average molecular weight is 580 g/mol. The van der Waals surface area contributed by atoms with Gasteiger partial charge in [-0.3, -0.25) is 4.79 Å². The number of methoxy groups -OCH3 is 2. The minimum atomic E-state index is -0.549. The molecule has 0 radical (unpaired) electrons. The molecule has 0 saturated heterocycles. The molecule has 0 aliphatic heterocycles. The van der Waals surface area contributed by atoms with Crippen LogP contribution in [-0.4, -0.2) is 26.1 Å². The summed E-state index contributed by atoms with van der Waals surface area (Å²) in [6.45, 7) is 4.16. The quantitative estimate of drug-likeness (QED) is 0.164. The molecule has 6 nitrogen and oxygen atoms in total. The molecule has 0 heterocycles. The van der Waals surface area contributed by atoms with Crippen LogP contribution in [0.25, 0.3) is 6.08 Å². The zero-order valence-electron chi connectivity index (χ0n) is 19.9. The Labute approximate surface area is 218 Å². The topological polar surface area (TPSA) is 88.4 Å². The summed E-state index contributed by atoms with van der Waals surface area (Å²) in [4.78, 5) is 24.3. The summed E-state index contributed by atoms with van der Waals surface area (Å²) >= 11 is 2.25.